The minimum absolute atomic E-state index is 0.00624. The molecule has 0 aromatic carbocycles. The normalized spacial score (nSPS) is 18.5. The zero-order valence-corrected chi connectivity index (χ0v) is 13.3. The lowest BCUT2D eigenvalue weighted by molar-refractivity contribution is 0.174. The van der Waals surface area contributed by atoms with Gasteiger partial charge < -0.3 is 10.0 Å². The van der Waals surface area contributed by atoms with Crippen LogP contribution in [0, 0.1) is 0 Å². The second kappa shape index (κ2) is 6.84. The molecule has 1 fully saturated rings. The van der Waals surface area contributed by atoms with Crippen LogP contribution in [0.25, 0.3) is 0 Å². The van der Waals surface area contributed by atoms with Gasteiger partial charge in [0.1, 0.15) is 0 Å². The number of aromatic amines is 1. The number of aliphatic hydroxyl groups excluding tert-OH is 1. The van der Waals surface area contributed by atoms with Gasteiger partial charge in [-0.05, 0) is 14.1 Å². The number of aromatic nitrogens is 2. The largest absolute Gasteiger partial charge is 0.392 e. The third kappa shape index (κ3) is 3.80. The van der Waals surface area contributed by atoms with Gasteiger partial charge in [-0.2, -0.15) is 9.40 Å². The number of hydrogen-bond donors (Lipinski definition) is 2. The Balaban J connectivity index is 1.98. The van der Waals surface area contributed by atoms with Gasteiger partial charge in [0.25, 0.3) is 10.0 Å². The summed E-state index contributed by atoms with van der Waals surface area (Å²) in [7, 11) is 0.448. The molecule has 9 heteroatoms. The maximum Gasteiger partial charge on any atom is 0.260 e. The van der Waals surface area contributed by atoms with Crippen molar-refractivity contribution >= 4 is 10.0 Å². The first-order valence-corrected chi connectivity index (χ1v) is 8.39. The summed E-state index contributed by atoms with van der Waals surface area (Å²) in [6.07, 6.45) is 1.35. The number of aliphatic hydroxyl groups is 1. The van der Waals surface area contributed by atoms with Gasteiger partial charge in [-0.3, -0.25) is 10.00 Å². The maximum absolute atomic E-state index is 12.5. The first-order valence-electron chi connectivity index (χ1n) is 6.95. The summed E-state index contributed by atoms with van der Waals surface area (Å²) in [6.45, 7) is 3.91. The predicted octanol–water partition coefficient (Wildman–Crippen LogP) is -1.23. The molecule has 1 saturated heterocycles. The van der Waals surface area contributed by atoms with Crippen LogP contribution in [0.15, 0.2) is 11.2 Å². The Morgan fingerprint density at radius 2 is 2.00 bits per heavy atom. The molecular formula is C12H23N5O3S. The summed E-state index contributed by atoms with van der Waals surface area (Å²) >= 11 is 0. The van der Waals surface area contributed by atoms with Gasteiger partial charge in [0, 0.05) is 44.8 Å². The average Bonchev–Trinajstić information content (AvgIpc) is 2.94. The van der Waals surface area contributed by atoms with Crippen molar-refractivity contribution in [1.82, 2.24) is 24.3 Å². The van der Waals surface area contributed by atoms with Gasteiger partial charge in [-0.25, -0.2) is 8.42 Å². The van der Waals surface area contributed by atoms with Crippen LogP contribution in [0.2, 0.25) is 0 Å². The number of hydrogen-bond acceptors (Lipinski definition) is 6. The van der Waals surface area contributed by atoms with E-state index in [-0.39, 0.29) is 11.6 Å². The minimum Gasteiger partial charge on any atom is -0.392 e. The van der Waals surface area contributed by atoms with E-state index in [9.17, 15) is 13.5 Å². The van der Waals surface area contributed by atoms with Crippen LogP contribution in [-0.2, 0) is 16.6 Å². The van der Waals surface area contributed by atoms with E-state index in [1.54, 1.807) is 0 Å². The van der Waals surface area contributed by atoms with E-state index in [4.69, 9.17) is 0 Å². The summed E-state index contributed by atoms with van der Waals surface area (Å²) in [5, 5.41) is 15.4. The molecule has 8 nitrogen and oxygen atoms in total. The molecule has 2 heterocycles. The van der Waals surface area contributed by atoms with Crippen LogP contribution in [0.5, 0.6) is 0 Å². The predicted molar refractivity (Wildman–Crippen MR) is 78.3 cm³/mol. The Morgan fingerprint density at radius 3 is 2.57 bits per heavy atom. The summed E-state index contributed by atoms with van der Waals surface area (Å²) in [4.78, 5) is 4.37. The number of piperazine rings is 1. The molecule has 0 atom stereocenters. The number of nitrogens with one attached hydrogen (secondary N) is 1. The Kier molecular flexibility index (Phi) is 5.33. The zero-order valence-electron chi connectivity index (χ0n) is 12.5. The van der Waals surface area contributed by atoms with Crippen molar-refractivity contribution in [3.05, 3.63) is 11.8 Å². The highest BCUT2D eigenvalue weighted by molar-refractivity contribution is 7.89. The molecule has 21 heavy (non-hydrogen) atoms. The Bertz CT molecular complexity index is 549. The van der Waals surface area contributed by atoms with E-state index in [0.717, 1.165) is 26.2 Å². The molecule has 1 aliphatic heterocycles. The van der Waals surface area contributed by atoms with Crippen molar-refractivity contribution in [3.63, 3.8) is 0 Å². The van der Waals surface area contributed by atoms with Crippen LogP contribution in [0.4, 0.5) is 0 Å². The monoisotopic (exact) mass is 317 g/mol. The molecule has 0 unspecified atom stereocenters. The Morgan fingerprint density at radius 1 is 1.33 bits per heavy atom. The van der Waals surface area contributed by atoms with Gasteiger partial charge in [0.05, 0.1) is 12.8 Å². The van der Waals surface area contributed by atoms with Crippen molar-refractivity contribution in [2.45, 2.75) is 11.6 Å². The van der Waals surface area contributed by atoms with Crippen molar-refractivity contribution in [1.29, 1.82) is 0 Å². The van der Waals surface area contributed by atoms with E-state index in [1.807, 2.05) is 14.1 Å². The molecule has 120 valence electrons. The fourth-order valence-corrected chi connectivity index (χ4v) is 3.82. The number of H-pyrrole nitrogens is 1. The van der Waals surface area contributed by atoms with Crippen LogP contribution in [0.3, 0.4) is 0 Å². The highest BCUT2D eigenvalue weighted by atomic mass is 32.2. The first kappa shape index (κ1) is 16.4. The summed E-state index contributed by atoms with van der Waals surface area (Å²) < 4.78 is 26.5. The third-order valence-corrected chi connectivity index (χ3v) is 5.56. The van der Waals surface area contributed by atoms with Crippen LogP contribution < -0.4 is 0 Å². The van der Waals surface area contributed by atoms with E-state index < -0.39 is 10.0 Å². The van der Waals surface area contributed by atoms with Crippen molar-refractivity contribution in [2.24, 2.45) is 0 Å². The number of sulfonamides is 1. The van der Waals surface area contributed by atoms with E-state index in [0.29, 0.717) is 18.7 Å². The van der Waals surface area contributed by atoms with E-state index >= 15 is 0 Å². The van der Waals surface area contributed by atoms with Gasteiger partial charge >= 0.3 is 0 Å². The lowest BCUT2D eigenvalue weighted by atomic mass is 10.3. The maximum atomic E-state index is 12.5. The molecule has 1 aromatic rings. The van der Waals surface area contributed by atoms with Gasteiger partial charge in [0.15, 0.2) is 5.03 Å². The molecule has 0 radical (unpaired) electrons. The van der Waals surface area contributed by atoms with Gasteiger partial charge in [-0.15, -0.1) is 0 Å². The molecular weight excluding hydrogens is 294 g/mol. The highest BCUT2D eigenvalue weighted by Crippen LogP contribution is 2.19. The lowest BCUT2D eigenvalue weighted by Crippen LogP contribution is -2.50. The van der Waals surface area contributed by atoms with Crippen LogP contribution in [-0.4, -0.2) is 91.2 Å². The molecule has 0 aliphatic carbocycles. The molecule has 0 saturated carbocycles. The number of likely N-dealkylation sites (N-methyl/N-ethyl adjacent to an activating group) is 1. The van der Waals surface area contributed by atoms with E-state index in [1.165, 1.54) is 10.5 Å². The molecule has 2 rings (SSSR count). The van der Waals surface area contributed by atoms with E-state index in [2.05, 4.69) is 20.0 Å². The summed E-state index contributed by atoms with van der Waals surface area (Å²) in [5.74, 6) is 0. The van der Waals surface area contributed by atoms with Crippen molar-refractivity contribution in [3.8, 4) is 0 Å². The molecule has 2 N–H and O–H groups in total. The summed E-state index contributed by atoms with van der Waals surface area (Å²) in [5.41, 5.74) is 0.310. The minimum atomic E-state index is -3.60. The van der Waals surface area contributed by atoms with Crippen molar-refractivity contribution < 1.29 is 13.5 Å². The van der Waals surface area contributed by atoms with Crippen LogP contribution in [0.1, 0.15) is 5.56 Å². The SMILES string of the molecule is CN(C)CCN1CCN(S(=O)(=O)c2[nH]ncc2CO)CC1. The highest BCUT2D eigenvalue weighted by Gasteiger charge is 2.31. The number of nitrogens with zero attached hydrogens (tertiary/aromatic N) is 4. The second-order valence-corrected chi connectivity index (χ2v) is 7.31. The molecule has 1 aromatic heterocycles. The Labute approximate surface area is 125 Å². The van der Waals surface area contributed by atoms with Crippen LogP contribution >= 0.6 is 0 Å². The molecule has 0 bridgehead atoms. The second-order valence-electron chi connectivity index (χ2n) is 5.43. The van der Waals surface area contributed by atoms with Crippen molar-refractivity contribution in [2.75, 3.05) is 53.4 Å². The molecule has 0 amide bonds. The number of rotatable bonds is 6. The smallest absolute Gasteiger partial charge is 0.260 e. The average molecular weight is 317 g/mol. The standard InChI is InChI=1S/C12H23N5O3S/c1-15(2)3-4-16-5-7-17(8-6-16)21(19,20)12-11(10-18)9-13-14-12/h9,18H,3-8,10H2,1-2H3,(H,13,14). The topological polar surface area (TPSA) is 92.8 Å². The first-order chi connectivity index (χ1) is 9.95. The fourth-order valence-electron chi connectivity index (χ4n) is 2.30. The third-order valence-electron chi connectivity index (χ3n) is 3.64. The van der Waals surface area contributed by atoms with Gasteiger partial charge in [0.2, 0.25) is 0 Å². The fraction of sp³-hybridized carbons (Fsp3) is 0.750. The Hall–Kier alpha value is -1.00. The lowest BCUT2D eigenvalue weighted by Gasteiger charge is -2.34. The molecule has 1 aliphatic rings. The van der Waals surface area contributed by atoms with Gasteiger partial charge in [-0.1, -0.05) is 0 Å². The quantitative estimate of drug-likeness (QED) is 0.682. The molecule has 0 spiro atoms. The zero-order chi connectivity index (χ0) is 15.5. The summed E-state index contributed by atoms with van der Waals surface area (Å²) in [6, 6.07) is 0.